The zero-order chi connectivity index (χ0) is 13.2. The first-order valence-electron chi connectivity index (χ1n) is 6.76. The van der Waals surface area contributed by atoms with Gasteiger partial charge in [-0.05, 0) is 33.6 Å². The van der Waals surface area contributed by atoms with E-state index in [-0.39, 0.29) is 12.1 Å². The number of hydrogen-bond donors (Lipinski definition) is 1. The van der Waals surface area contributed by atoms with Gasteiger partial charge in [0, 0.05) is 25.7 Å². The first-order valence-corrected chi connectivity index (χ1v) is 6.76. The van der Waals surface area contributed by atoms with E-state index in [2.05, 4.69) is 10.2 Å². The molecule has 1 unspecified atom stereocenters. The highest BCUT2D eigenvalue weighted by Crippen LogP contribution is 2.16. The summed E-state index contributed by atoms with van der Waals surface area (Å²) in [4.78, 5) is 14.0. The molecule has 0 bridgehead atoms. The van der Waals surface area contributed by atoms with Crippen molar-refractivity contribution < 1.29 is 14.3 Å². The highest BCUT2D eigenvalue weighted by atomic mass is 16.6. The Balaban J connectivity index is 1.64. The number of amides is 1. The van der Waals surface area contributed by atoms with Gasteiger partial charge in [0.25, 0.3) is 0 Å². The van der Waals surface area contributed by atoms with Crippen molar-refractivity contribution in [1.29, 1.82) is 0 Å². The monoisotopic (exact) mass is 256 g/mol. The molecule has 2 fully saturated rings. The van der Waals surface area contributed by atoms with Crippen LogP contribution in [0, 0.1) is 0 Å². The molecule has 2 aliphatic heterocycles. The highest BCUT2D eigenvalue weighted by molar-refractivity contribution is 5.68. The number of ether oxygens (including phenoxy) is 2. The molecule has 0 saturated carbocycles. The maximum Gasteiger partial charge on any atom is 0.407 e. The Morgan fingerprint density at radius 1 is 1.39 bits per heavy atom. The predicted molar refractivity (Wildman–Crippen MR) is 68.6 cm³/mol. The third-order valence-electron chi connectivity index (χ3n) is 3.17. The molecule has 5 heteroatoms. The zero-order valence-corrected chi connectivity index (χ0v) is 11.6. The molecular weight excluding hydrogens is 232 g/mol. The minimum absolute atomic E-state index is 0.247. The molecule has 0 aliphatic carbocycles. The number of epoxide rings is 1. The summed E-state index contributed by atoms with van der Waals surface area (Å²) in [6.45, 7) is 9.65. The molecule has 0 aromatic heterocycles. The van der Waals surface area contributed by atoms with Crippen molar-refractivity contribution in [3.8, 4) is 0 Å². The molecule has 1 atom stereocenters. The summed E-state index contributed by atoms with van der Waals surface area (Å²) in [5.41, 5.74) is -0.423. The fraction of sp³-hybridized carbons (Fsp3) is 0.923. The van der Waals surface area contributed by atoms with Gasteiger partial charge in [-0.15, -0.1) is 0 Å². The summed E-state index contributed by atoms with van der Waals surface area (Å²) in [5, 5.41) is 2.95. The molecule has 2 aliphatic rings. The first-order chi connectivity index (χ1) is 8.42. The van der Waals surface area contributed by atoms with Gasteiger partial charge in [-0.25, -0.2) is 4.79 Å². The van der Waals surface area contributed by atoms with Crippen LogP contribution in [0.4, 0.5) is 4.79 Å². The summed E-state index contributed by atoms with van der Waals surface area (Å²) in [6.07, 6.45) is 2.14. The molecule has 104 valence electrons. The predicted octanol–water partition coefficient (Wildman–Crippen LogP) is 1.37. The van der Waals surface area contributed by atoms with Gasteiger partial charge >= 0.3 is 6.09 Å². The number of rotatable bonds is 3. The van der Waals surface area contributed by atoms with E-state index in [1.54, 1.807) is 0 Å². The Hall–Kier alpha value is -0.810. The number of nitrogens with one attached hydrogen (secondary N) is 1. The van der Waals surface area contributed by atoms with Crippen LogP contribution in [-0.2, 0) is 9.47 Å². The maximum absolute atomic E-state index is 11.6. The molecule has 1 amide bonds. The van der Waals surface area contributed by atoms with Crippen LogP contribution in [0.15, 0.2) is 0 Å². The molecule has 0 spiro atoms. The van der Waals surface area contributed by atoms with Crippen molar-refractivity contribution in [1.82, 2.24) is 10.2 Å². The van der Waals surface area contributed by atoms with E-state index >= 15 is 0 Å². The molecule has 18 heavy (non-hydrogen) atoms. The fourth-order valence-electron chi connectivity index (χ4n) is 2.20. The van der Waals surface area contributed by atoms with Crippen molar-refractivity contribution in [2.45, 2.75) is 51.4 Å². The number of piperidine rings is 1. The molecule has 5 nitrogen and oxygen atoms in total. The SMILES string of the molecule is CC(C)(C)OC(=O)NC1CCN(CC2CO2)CC1. The Labute approximate surface area is 109 Å². The summed E-state index contributed by atoms with van der Waals surface area (Å²) in [7, 11) is 0. The molecule has 0 aromatic rings. The van der Waals surface area contributed by atoms with Crippen LogP contribution in [0.25, 0.3) is 0 Å². The molecule has 2 saturated heterocycles. The number of likely N-dealkylation sites (tertiary alicyclic amines) is 1. The van der Waals surface area contributed by atoms with E-state index < -0.39 is 5.60 Å². The van der Waals surface area contributed by atoms with E-state index in [1.807, 2.05) is 20.8 Å². The lowest BCUT2D eigenvalue weighted by molar-refractivity contribution is 0.0477. The van der Waals surface area contributed by atoms with E-state index in [1.165, 1.54) is 0 Å². The Morgan fingerprint density at radius 2 is 2.00 bits per heavy atom. The number of nitrogens with zero attached hydrogens (tertiary/aromatic N) is 1. The van der Waals surface area contributed by atoms with Crippen LogP contribution >= 0.6 is 0 Å². The van der Waals surface area contributed by atoms with Crippen LogP contribution in [0.2, 0.25) is 0 Å². The molecule has 0 aromatic carbocycles. The third kappa shape index (κ3) is 4.82. The van der Waals surface area contributed by atoms with Crippen LogP contribution in [0.3, 0.4) is 0 Å². The Kier molecular flexibility index (Phi) is 4.12. The number of alkyl carbamates (subject to hydrolysis) is 1. The normalized spacial score (nSPS) is 25.8. The average molecular weight is 256 g/mol. The second kappa shape index (κ2) is 5.45. The smallest absolute Gasteiger partial charge is 0.407 e. The molecule has 1 N–H and O–H groups in total. The largest absolute Gasteiger partial charge is 0.444 e. The molecular formula is C13H24N2O3. The highest BCUT2D eigenvalue weighted by Gasteiger charge is 2.29. The fourth-order valence-corrected chi connectivity index (χ4v) is 2.20. The summed E-state index contributed by atoms with van der Waals surface area (Å²) in [5.74, 6) is 0. The standard InChI is InChI=1S/C13H24N2O3/c1-13(2,3)18-12(16)14-10-4-6-15(7-5-10)8-11-9-17-11/h10-11H,4-9H2,1-3H3,(H,14,16). The van der Waals surface area contributed by atoms with Gasteiger partial charge in [-0.3, -0.25) is 0 Å². The number of carbonyl (C=O) groups excluding carboxylic acids is 1. The zero-order valence-electron chi connectivity index (χ0n) is 11.6. The lowest BCUT2D eigenvalue weighted by atomic mass is 10.1. The summed E-state index contributed by atoms with van der Waals surface area (Å²) >= 11 is 0. The summed E-state index contributed by atoms with van der Waals surface area (Å²) in [6, 6.07) is 0.247. The van der Waals surface area contributed by atoms with Crippen molar-refractivity contribution >= 4 is 6.09 Å². The van der Waals surface area contributed by atoms with E-state index in [0.29, 0.717) is 6.10 Å². The van der Waals surface area contributed by atoms with Crippen LogP contribution in [-0.4, -0.2) is 55.0 Å². The van der Waals surface area contributed by atoms with Gasteiger partial charge in [0.15, 0.2) is 0 Å². The molecule has 2 heterocycles. The third-order valence-corrected chi connectivity index (χ3v) is 3.17. The van der Waals surface area contributed by atoms with E-state index in [4.69, 9.17) is 9.47 Å². The van der Waals surface area contributed by atoms with Gasteiger partial charge < -0.3 is 19.7 Å². The van der Waals surface area contributed by atoms with E-state index in [9.17, 15) is 4.79 Å². The van der Waals surface area contributed by atoms with Crippen molar-refractivity contribution in [2.24, 2.45) is 0 Å². The van der Waals surface area contributed by atoms with Gasteiger partial charge in [-0.1, -0.05) is 0 Å². The van der Waals surface area contributed by atoms with Gasteiger partial charge in [0.2, 0.25) is 0 Å². The second-order valence-corrected chi connectivity index (χ2v) is 6.18. The van der Waals surface area contributed by atoms with Crippen molar-refractivity contribution in [3.05, 3.63) is 0 Å². The maximum atomic E-state index is 11.6. The van der Waals surface area contributed by atoms with Gasteiger partial charge in [0.1, 0.15) is 5.60 Å². The van der Waals surface area contributed by atoms with Crippen LogP contribution in [0.1, 0.15) is 33.6 Å². The van der Waals surface area contributed by atoms with E-state index in [0.717, 1.165) is 39.1 Å². The lowest BCUT2D eigenvalue weighted by Gasteiger charge is -2.32. The number of hydrogen-bond acceptors (Lipinski definition) is 4. The lowest BCUT2D eigenvalue weighted by Crippen LogP contribution is -2.46. The average Bonchev–Trinajstić information content (AvgIpc) is 3.02. The van der Waals surface area contributed by atoms with Gasteiger partial charge in [-0.2, -0.15) is 0 Å². The van der Waals surface area contributed by atoms with Crippen molar-refractivity contribution in [3.63, 3.8) is 0 Å². The van der Waals surface area contributed by atoms with Crippen LogP contribution < -0.4 is 5.32 Å². The minimum Gasteiger partial charge on any atom is -0.444 e. The Morgan fingerprint density at radius 3 is 2.50 bits per heavy atom. The van der Waals surface area contributed by atoms with Gasteiger partial charge in [0.05, 0.1) is 12.7 Å². The Bertz CT molecular complexity index is 289. The van der Waals surface area contributed by atoms with Crippen LogP contribution in [0.5, 0.6) is 0 Å². The number of carbonyl (C=O) groups is 1. The van der Waals surface area contributed by atoms with Crippen molar-refractivity contribution in [2.75, 3.05) is 26.2 Å². The topological polar surface area (TPSA) is 54.1 Å². The quantitative estimate of drug-likeness (QED) is 0.775. The molecule has 2 rings (SSSR count). The second-order valence-electron chi connectivity index (χ2n) is 6.18. The minimum atomic E-state index is -0.423. The molecule has 0 radical (unpaired) electrons. The first kappa shape index (κ1) is 13.6. The summed E-state index contributed by atoms with van der Waals surface area (Å²) < 4.78 is 10.5.